The van der Waals surface area contributed by atoms with Crippen molar-refractivity contribution in [2.45, 2.75) is 152 Å². The number of nitrogens with zero attached hydrogens (tertiary/aromatic N) is 11. The Hall–Kier alpha value is -6.17. The van der Waals surface area contributed by atoms with E-state index < -0.39 is 0 Å². The summed E-state index contributed by atoms with van der Waals surface area (Å²) in [6, 6.07) is 6.04. The number of hydrogen-bond acceptors (Lipinski definition) is 22. The summed E-state index contributed by atoms with van der Waals surface area (Å²) in [6.07, 6.45) is 10.5. The van der Waals surface area contributed by atoms with Gasteiger partial charge in [-0.1, -0.05) is 5.16 Å². The van der Waals surface area contributed by atoms with Crippen molar-refractivity contribution >= 4 is 68.4 Å². The highest BCUT2D eigenvalue weighted by Crippen LogP contribution is 2.10. The molecule has 0 aliphatic rings. The summed E-state index contributed by atoms with van der Waals surface area (Å²) in [7, 11) is 0. The molecule has 11 heterocycles. The van der Waals surface area contributed by atoms with E-state index >= 15 is 0 Å². The molecule has 0 saturated heterocycles. The quantitative estimate of drug-likeness (QED) is 0.138. The first-order valence-corrected chi connectivity index (χ1v) is 28.9. The van der Waals surface area contributed by atoms with Crippen molar-refractivity contribution in [2.75, 3.05) is 0 Å². The van der Waals surface area contributed by atoms with E-state index in [1.54, 1.807) is 93.3 Å². The highest BCUT2D eigenvalue weighted by Gasteiger charge is 1.93. The van der Waals surface area contributed by atoms with E-state index in [2.05, 4.69) is 104 Å². The van der Waals surface area contributed by atoms with E-state index in [1.165, 1.54) is 19.5 Å². The van der Waals surface area contributed by atoms with Gasteiger partial charge in [0.05, 0.1) is 60.9 Å². The molecule has 0 spiro atoms. The Morgan fingerprint density at radius 3 is 0.805 bits per heavy atom. The minimum absolute atomic E-state index is 0.734. The number of thiazole rings is 4. The van der Waals surface area contributed by atoms with Crippen LogP contribution in [0.2, 0.25) is 0 Å². The zero-order valence-electron chi connectivity index (χ0n) is 48.8. The maximum atomic E-state index is 4.97. The molecule has 11 aromatic rings. The average molecular weight is 1160 g/mol. The summed E-state index contributed by atoms with van der Waals surface area (Å²) < 4.78 is 32.5. The molecule has 0 aromatic carbocycles. The molecule has 0 saturated carbocycles. The van der Waals surface area contributed by atoms with E-state index in [4.69, 9.17) is 22.2 Å². The molecule has 0 aliphatic heterocycles. The monoisotopic (exact) mass is 1160 g/mol. The van der Waals surface area contributed by atoms with Gasteiger partial charge in [-0.25, -0.2) is 39.9 Å². The first-order chi connectivity index (χ1) is 36.2. The first kappa shape index (κ1) is 68.8. The lowest BCUT2D eigenvalue weighted by Gasteiger charge is -1.73. The predicted molar refractivity (Wildman–Crippen MR) is 319 cm³/mol. The molecule has 0 radical (unpaired) electrons. The molecule has 0 aliphatic carbocycles. The van der Waals surface area contributed by atoms with Crippen LogP contribution >= 0.6 is 68.4 Å². The largest absolute Gasteiger partial charge is 0.449 e. The number of oxazole rings is 4. The Morgan fingerprint density at radius 2 is 0.727 bits per heavy atom. The number of aromatic nitrogens is 11. The lowest BCUT2D eigenvalue weighted by atomic mass is 10.4. The van der Waals surface area contributed by atoms with Crippen LogP contribution in [0.25, 0.3) is 0 Å². The van der Waals surface area contributed by atoms with Gasteiger partial charge >= 0.3 is 0 Å². The van der Waals surface area contributed by atoms with Gasteiger partial charge in [-0.15, -0.1) is 45.3 Å². The molecule has 0 fully saturated rings. The molecule has 22 heteroatoms. The molecule has 0 N–H and O–H groups in total. The van der Waals surface area contributed by atoms with Crippen molar-refractivity contribution in [3.8, 4) is 0 Å². The lowest BCUT2D eigenvalue weighted by Crippen LogP contribution is -1.67. The summed E-state index contributed by atoms with van der Waals surface area (Å²) in [5.41, 5.74) is 7.34. The van der Waals surface area contributed by atoms with Gasteiger partial charge in [-0.05, 0) is 160 Å². The molecule has 0 atom stereocenters. The van der Waals surface area contributed by atoms with Gasteiger partial charge in [0.2, 0.25) is 0 Å². The minimum Gasteiger partial charge on any atom is -0.449 e. The Kier molecular flexibility index (Phi) is 34.3. The molecule has 11 rings (SSSR count). The fourth-order valence-corrected chi connectivity index (χ4v) is 8.89. The second kappa shape index (κ2) is 38.4. The van der Waals surface area contributed by atoms with Crippen molar-refractivity contribution in [3.05, 3.63) is 187 Å². The third kappa shape index (κ3) is 37.3. The molecule has 0 bridgehead atoms. The van der Waals surface area contributed by atoms with Crippen LogP contribution in [0.4, 0.5) is 0 Å². The lowest BCUT2D eigenvalue weighted by molar-refractivity contribution is 0.393. The van der Waals surface area contributed by atoms with Crippen LogP contribution in [0.5, 0.6) is 0 Å². The molecule has 418 valence electrons. The van der Waals surface area contributed by atoms with Crippen LogP contribution in [-0.2, 0) is 0 Å². The van der Waals surface area contributed by atoms with E-state index in [0.29, 0.717) is 0 Å². The van der Waals surface area contributed by atoms with Crippen LogP contribution in [0.3, 0.4) is 0 Å². The van der Waals surface area contributed by atoms with Gasteiger partial charge in [0.1, 0.15) is 29.8 Å². The second-order valence-electron chi connectivity index (χ2n) is 16.7. The fraction of sp³-hybridized carbons (Fsp3) is 0.400. The summed E-state index contributed by atoms with van der Waals surface area (Å²) in [4.78, 5) is 37.1. The summed E-state index contributed by atoms with van der Waals surface area (Å²) in [5.74, 6) is 5.55. The summed E-state index contributed by atoms with van der Waals surface area (Å²) in [6.45, 7) is 42.9. The van der Waals surface area contributed by atoms with Gasteiger partial charge in [0.15, 0.2) is 23.6 Å². The number of hydrogen-bond donors (Lipinski definition) is 0. The Bertz CT molecular complexity index is 2280. The minimum atomic E-state index is 0.734. The molecular weight excluding hydrogens is 1090 g/mol. The highest BCUT2D eigenvalue weighted by atomic mass is 32.1. The van der Waals surface area contributed by atoms with Crippen LogP contribution in [0.1, 0.15) is 120 Å². The van der Waals surface area contributed by atoms with Crippen molar-refractivity contribution < 1.29 is 22.2 Å². The van der Waals surface area contributed by atoms with Gasteiger partial charge in [0.25, 0.3) is 0 Å². The maximum Gasteiger partial charge on any atom is 0.191 e. The second-order valence-corrected chi connectivity index (χ2v) is 23.7. The topological polar surface area (TPSA) is 207 Å². The molecule has 0 unspecified atom stereocenters. The average Bonchev–Trinajstić information content (AvgIpc) is 4.18. The molecular formula is C55H77N11O5S6. The van der Waals surface area contributed by atoms with Crippen LogP contribution in [0, 0.1) is 152 Å². The standard InChI is InChI=1S/5C5H7NO.6C5H7NS/c2*1-4-3-7-5(2)6-4;2*1-4-3-6-5(2)7-4;1-4-3-5(2)7-6-4;2*1-4-3-7-5(2)6-4;2*1-4-3-6-5(2)7-4;2*1-4-3-5(2)7-6-4/h11*3H,1-2H3. The third-order valence-electron chi connectivity index (χ3n) is 8.12. The Balaban J connectivity index is 0.000000423. The molecule has 16 nitrogen and oxygen atoms in total. The highest BCUT2D eigenvalue weighted by molar-refractivity contribution is 7.11. The summed E-state index contributed by atoms with van der Waals surface area (Å²) in [5, 5.41) is 12.3. The normalized spacial score (nSPS) is 9.43. The van der Waals surface area contributed by atoms with Gasteiger partial charge in [-0.2, -0.15) is 8.75 Å². The molecule has 0 amide bonds. The van der Waals surface area contributed by atoms with E-state index in [0.717, 1.165) is 101 Å². The van der Waals surface area contributed by atoms with Crippen LogP contribution in [-0.4, -0.2) is 53.8 Å². The van der Waals surface area contributed by atoms with Gasteiger partial charge in [-0.3, -0.25) is 0 Å². The zero-order chi connectivity index (χ0) is 58.0. The summed E-state index contributed by atoms with van der Waals surface area (Å²) >= 11 is 9.96. The predicted octanol–water partition coefficient (Wildman–Crippen LogP) is 17.0. The van der Waals surface area contributed by atoms with E-state index in [9.17, 15) is 0 Å². The van der Waals surface area contributed by atoms with Gasteiger partial charge in [0, 0.05) is 87.8 Å². The molecule has 77 heavy (non-hydrogen) atoms. The van der Waals surface area contributed by atoms with E-state index in [1.807, 2.05) is 143 Å². The number of rotatable bonds is 0. The smallest absolute Gasteiger partial charge is 0.191 e. The van der Waals surface area contributed by atoms with Crippen LogP contribution in [0.15, 0.2) is 88.5 Å². The zero-order valence-corrected chi connectivity index (χ0v) is 53.7. The third-order valence-corrected chi connectivity index (χ3v) is 13.1. The van der Waals surface area contributed by atoms with E-state index in [-0.39, 0.29) is 0 Å². The Labute approximate surface area is 480 Å². The maximum absolute atomic E-state index is 4.97. The Morgan fingerprint density at radius 1 is 0.338 bits per heavy atom. The van der Waals surface area contributed by atoms with Crippen molar-refractivity contribution in [1.82, 2.24) is 53.8 Å². The fourth-order valence-electron chi connectivity index (χ4n) is 5.23. The van der Waals surface area contributed by atoms with Crippen molar-refractivity contribution in [1.29, 1.82) is 0 Å². The SMILES string of the molecule is Cc1cc(C)on1.Cc1cc(C)sn1.Cc1cc(C)sn1.Cc1cnc(C)o1.Cc1cnc(C)o1.Cc1cnc(C)s1.Cc1cnc(C)s1.Cc1coc(C)n1.Cc1coc(C)n1.Cc1csc(C)n1.Cc1csc(C)n1. The van der Waals surface area contributed by atoms with Gasteiger partial charge < -0.3 is 22.2 Å². The van der Waals surface area contributed by atoms with Crippen molar-refractivity contribution in [2.24, 2.45) is 0 Å². The van der Waals surface area contributed by atoms with Crippen molar-refractivity contribution in [3.63, 3.8) is 0 Å². The molecule has 11 aromatic heterocycles. The first-order valence-electron chi connectivity index (χ1n) is 24.0. The van der Waals surface area contributed by atoms with Crippen LogP contribution < -0.4 is 0 Å². The number of aryl methyl sites for hydroxylation is 22.